The average molecular weight is 434 g/mol. The quantitative estimate of drug-likeness (QED) is 0.495. The summed E-state index contributed by atoms with van der Waals surface area (Å²) < 4.78 is 40.2. The van der Waals surface area contributed by atoms with Crippen molar-refractivity contribution in [3.63, 3.8) is 0 Å². The SMILES string of the molecule is Fc1cc(Br)cc(-n2ccnc2)c1.Fc1cc(F)cc(Br)c1. The first-order valence-electron chi connectivity index (χ1n) is 6.00. The highest BCUT2D eigenvalue weighted by molar-refractivity contribution is 9.10. The number of imidazole rings is 1. The molecule has 0 radical (unpaired) electrons. The average Bonchev–Trinajstić information content (AvgIpc) is 2.90. The van der Waals surface area contributed by atoms with Gasteiger partial charge in [0.1, 0.15) is 17.5 Å². The largest absolute Gasteiger partial charge is 0.306 e. The van der Waals surface area contributed by atoms with Gasteiger partial charge in [0.25, 0.3) is 0 Å². The van der Waals surface area contributed by atoms with E-state index in [2.05, 4.69) is 36.8 Å². The first-order valence-corrected chi connectivity index (χ1v) is 7.58. The number of rotatable bonds is 1. The number of hydrogen-bond acceptors (Lipinski definition) is 1. The highest BCUT2D eigenvalue weighted by atomic mass is 79.9. The van der Waals surface area contributed by atoms with Gasteiger partial charge in [-0.25, -0.2) is 18.2 Å². The van der Waals surface area contributed by atoms with E-state index in [9.17, 15) is 13.2 Å². The fourth-order valence-electron chi connectivity index (χ4n) is 1.62. The molecule has 1 aromatic heterocycles. The van der Waals surface area contributed by atoms with Gasteiger partial charge in [0, 0.05) is 27.4 Å². The number of aromatic nitrogens is 2. The first kappa shape index (κ1) is 16.8. The van der Waals surface area contributed by atoms with Crippen LogP contribution in [0.15, 0.2) is 64.1 Å². The van der Waals surface area contributed by atoms with Crippen LogP contribution in [0.25, 0.3) is 5.69 Å². The molecule has 0 aliphatic carbocycles. The third kappa shape index (κ3) is 4.99. The number of nitrogens with zero attached hydrogens (tertiary/aromatic N) is 2. The lowest BCUT2D eigenvalue weighted by molar-refractivity contribution is 0.582. The minimum atomic E-state index is -0.568. The Morgan fingerprint density at radius 3 is 1.77 bits per heavy atom. The summed E-state index contributed by atoms with van der Waals surface area (Å²) in [5, 5.41) is 0. The van der Waals surface area contributed by atoms with Gasteiger partial charge in [0.05, 0.1) is 12.0 Å². The lowest BCUT2D eigenvalue weighted by Crippen LogP contribution is -1.90. The van der Waals surface area contributed by atoms with Crippen molar-refractivity contribution in [2.75, 3.05) is 0 Å². The molecule has 0 N–H and O–H groups in total. The lowest BCUT2D eigenvalue weighted by atomic mass is 10.3. The fraction of sp³-hybridized carbons (Fsp3) is 0. The minimum absolute atomic E-state index is 0.266. The van der Waals surface area contributed by atoms with E-state index < -0.39 is 11.6 Å². The molecule has 2 nitrogen and oxygen atoms in total. The van der Waals surface area contributed by atoms with Crippen LogP contribution in [0.5, 0.6) is 0 Å². The molecule has 0 amide bonds. The molecule has 7 heteroatoms. The predicted octanol–water partition coefficient (Wildman–Crippen LogP) is 5.50. The summed E-state index contributed by atoms with van der Waals surface area (Å²) in [6.07, 6.45) is 5.04. The summed E-state index contributed by atoms with van der Waals surface area (Å²) in [7, 11) is 0. The van der Waals surface area contributed by atoms with Crippen molar-refractivity contribution in [1.82, 2.24) is 9.55 Å². The molecule has 0 saturated heterocycles. The molecule has 3 aromatic rings. The molecule has 0 atom stereocenters. The highest BCUT2D eigenvalue weighted by Crippen LogP contribution is 2.17. The molecular weight excluding hydrogens is 425 g/mol. The fourth-order valence-corrected chi connectivity index (χ4v) is 2.51. The zero-order valence-corrected chi connectivity index (χ0v) is 14.2. The molecular formula is C15H9Br2F3N2. The third-order valence-electron chi connectivity index (χ3n) is 2.48. The topological polar surface area (TPSA) is 17.8 Å². The van der Waals surface area contributed by atoms with Crippen molar-refractivity contribution < 1.29 is 13.2 Å². The summed E-state index contributed by atoms with van der Waals surface area (Å²) in [6, 6.07) is 7.91. The maximum Gasteiger partial charge on any atom is 0.127 e. The summed E-state index contributed by atoms with van der Waals surface area (Å²) in [5.41, 5.74) is 0.754. The lowest BCUT2D eigenvalue weighted by Gasteiger charge is -2.02. The molecule has 0 fully saturated rings. The van der Waals surface area contributed by atoms with Crippen LogP contribution < -0.4 is 0 Å². The van der Waals surface area contributed by atoms with Crippen molar-refractivity contribution in [3.05, 3.63) is 81.5 Å². The Bertz CT molecular complexity index is 691. The van der Waals surface area contributed by atoms with E-state index in [0.29, 0.717) is 4.47 Å². The number of halogens is 5. The van der Waals surface area contributed by atoms with Gasteiger partial charge < -0.3 is 4.57 Å². The molecule has 0 spiro atoms. The Labute approximate surface area is 141 Å². The summed E-state index contributed by atoms with van der Waals surface area (Å²) in [4.78, 5) is 3.88. The smallest absolute Gasteiger partial charge is 0.127 e. The zero-order chi connectivity index (χ0) is 16.1. The normalized spacial score (nSPS) is 10.0. The molecule has 0 aliphatic rings. The Morgan fingerprint density at radius 1 is 0.773 bits per heavy atom. The molecule has 3 rings (SSSR count). The molecule has 22 heavy (non-hydrogen) atoms. The summed E-state index contributed by atoms with van der Waals surface area (Å²) >= 11 is 6.16. The second-order valence-electron chi connectivity index (χ2n) is 4.19. The van der Waals surface area contributed by atoms with Crippen LogP contribution >= 0.6 is 31.9 Å². The van der Waals surface area contributed by atoms with Crippen LogP contribution in [-0.4, -0.2) is 9.55 Å². The predicted molar refractivity (Wildman–Crippen MR) is 85.3 cm³/mol. The molecule has 0 unspecified atom stereocenters. The maximum atomic E-state index is 13.0. The van der Waals surface area contributed by atoms with Crippen molar-refractivity contribution in [1.29, 1.82) is 0 Å². The highest BCUT2D eigenvalue weighted by Gasteiger charge is 1.99. The van der Waals surface area contributed by atoms with Gasteiger partial charge in [-0.05, 0) is 30.3 Å². The molecule has 0 aliphatic heterocycles. The first-order chi connectivity index (χ1) is 10.4. The molecule has 0 bridgehead atoms. The van der Waals surface area contributed by atoms with E-state index in [1.807, 2.05) is 6.07 Å². The minimum Gasteiger partial charge on any atom is -0.306 e. The van der Waals surface area contributed by atoms with Gasteiger partial charge in [-0.15, -0.1) is 0 Å². The van der Waals surface area contributed by atoms with Gasteiger partial charge in [-0.1, -0.05) is 31.9 Å². The van der Waals surface area contributed by atoms with Crippen molar-refractivity contribution in [2.45, 2.75) is 0 Å². The van der Waals surface area contributed by atoms with E-state index in [1.54, 1.807) is 23.3 Å². The van der Waals surface area contributed by atoms with Crippen LogP contribution in [-0.2, 0) is 0 Å². The van der Waals surface area contributed by atoms with Gasteiger partial charge in [0.15, 0.2) is 0 Å². The molecule has 0 saturated carbocycles. The monoisotopic (exact) mass is 432 g/mol. The Balaban J connectivity index is 0.000000172. The molecule has 2 aromatic carbocycles. The Kier molecular flexibility index (Phi) is 5.79. The van der Waals surface area contributed by atoms with Crippen LogP contribution in [0.4, 0.5) is 13.2 Å². The van der Waals surface area contributed by atoms with E-state index >= 15 is 0 Å². The van der Waals surface area contributed by atoms with Crippen LogP contribution in [0, 0.1) is 17.5 Å². The molecule has 114 valence electrons. The zero-order valence-electron chi connectivity index (χ0n) is 11.0. The number of benzene rings is 2. The Hall–Kier alpha value is -1.60. The van der Waals surface area contributed by atoms with Crippen LogP contribution in [0.3, 0.4) is 0 Å². The van der Waals surface area contributed by atoms with Gasteiger partial charge in [0.2, 0.25) is 0 Å². The standard InChI is InChI=1S/C9H6BrFN2.C6H3BrF2/c10-7-3-8(11)5-9(4-7)13-2-1-12-6-13;7-4-1-5(8)3-6(9)2-4/h1-6H;1-3H. The third-order valence-corrected chi connectivity index (χ3v) is 3.39. The van der Waals surface area contributed by atoms with Crippen molar-refractivity contribution in [3.8, 4) is 5.69 Å². The Morgan fingerprint density at radius 2 is 1.32 bits per heavy atom. The van der Waals surface area contributed by atoms with Crippen molar-refractivity contribution in [2.24, 2.45) is 0 Å². The van der Waals surface area contributed by atoms with E-state index in [-0.39, 0.29) is 5.82 Å². The summed E-state index contributed by atoms with van der Waals surface area (Å²) in [5.74, 6) is -1.40. The molecule has 1 heterocycles. The van der Waals surface area contributed by atoms with Gasteiger partial charge in [-0.3, -0.25) is 0 Å². The maximum absolute atomic E-state index is 13.0. The van der Waals surface area contributed by atoms with Crippen LogP contribution in [0.2, 0.25) is 0 Å². The van der Waals surface area contributed by atoms with Gasteiger partial charge >= 0.3 is 0 Å². The van der Waals surface area contributed by atoms with E-state index in [0.717, 1.165) is 16.2 Å². The van der Waals surface area contributed by atoms with Crippen molar-refractivity contribution >= 4 is 31.9 Å². The van der Waals surface area contributed by atoms with Gasteiger partial charge in [-0.2, -0.15) is 0 Å². The second-order valence-corrected chi connectivity index (χ2v) is 6.02. The summed E-state index contributed by atoms with van der Waals surface area (Å²) in [6.45, 7) is 0. The van der Waals surface area contributed by atoms with E-state index in [4.69, 9.17) is 0 Å². The van der Waals surface area contributed by atoms with Crippen LogP contribution in [0.1, 0.15) is 0 Å². The van der Waals surface area contributed by atoms with E-state index in [1.165, 1.54) is 24.3 Å². The second kappa shape index (κ2) is 7.60. The number of hydrogen-bond donors (Lipinski definition) is 0.